The van der Waals surface area contributed by atoms with E-state index in [2.05, 4.69) is 0 Å². The second kappa shape index (κ2) is 3.62. The molecular weight excluding hydrogens is 180 g/mol. The van der Waals surface area contributed by atoms with Crippen LogP contribution in [0.3, 0.4) is 0 Å². The van der Waals surface area contributed by atoms with E-state index in [1.54, 1.807) is 30.3 Å². The quantitative estimate of drug-likeness (QED) is 0.590. The van der Waals surface area contributed by atoms with Gasteiger partial charge in [-0.3, -0.25) is 9.59 Å². The van der Waals surface area contributed by atoms with Gasteiger partial charge in [-0.25, -0.2) is 0 Å². The number of benzene rings is 1. The van der Waals surface area contributed by atoms with Gasteiger partial charge in [0.25, 0.3) is 0 Å². The molecule has 0 aromatic heterocycles. The number of carboxylic acid groups (broad SMARTS) is 1. The molecular formula is C11H13O3+. The predicted molar refractivity (Wildman–Crippen MR) is 53.3 cm³/mol. The van der Waals surface area contributed by atoms with E-state index in [0.717, 1.165) is 0 Å². The van der Waals surface area contributed by atoms with Crippen LogP contribution in [0, 0.1) is 5.41 Å². The average molecular weight is 193 g/mol. The maximum Gasteiger partial charge on any atom is 1.00 e. The molecule has 0 bridgehead atoms. The van der Waals surface area contributed by atoms with Crippen LogP contribution >= 0.6 is 0 Å². The molecule has 1 N–H and O–H groups in total. The third kappa shape index (κ3) is 1.82. The van der Waals surface area contributed by atoms with Gasteiger partial charge in [-0.1, -0.05) is 30.3 Å². The van der Waals surface area contributed by atoms with Crippen molar-refractivity contribution in [2.75, 3.05) is 0 Å². The molecule has 0 radical (unpaired) electrons. The van der Waals surface area contributed by atoms with E-state index in [9.17, 15) is 9.59 Å². The zero-order valence-corrected chi connectivity index (χ0v) is 8.15. The molecule has 0 unspecified atom stereocenters. The minimum Gasteiger partial charge on any atom is -0.481 e. The fraction of sp³-hybridized carbons (Fsp3) is 0.273. The van der Waals surface area contributed by atoms with E-state index in [4.69, 9.17) is 5.11 Å². The van der Waals surface area contributed by atoms with Crippen LogP contribution in [-0.2, 0) is 4.79 Å². The normalized spacial score (nSPS) is 11.0. The Morgan fingerprint density at radius 1 is 1.21 bits per heavy atom. The summed E-state index contributed by atoms with van der Waals surface area (Å²) in [4.78, 5) is 22.5. The minimum atomic E-state index is -1.36. The molecule has 3 heteroatoms. The lowest BCUT2D eigenvalue weighted by molar-refractivity contribution is -0.144. The second-order valence-electron chi connectivity index (χ2n) is 3.63. The van der Waals surface area contributed by atoms with Gasteiger partial charge in [0.15, 0.2) is 5.78 Å². The predicted octanol–water partition coefficient (Wildman–Crippen LogP) is 2.09. The van der Waals surface area contributed by atoms with Crippen molar-refractivity contribution in [3.63, 3.8) is 0 Å². The molecule has 14 heavy (non-hydrogen) atoms. The molecule has 0 atom stereocenters. The van der Waals surface area contributed by atoms with Crippen molar-refractivity contribution in [1.29, 1.82) is 0 Å². The van der Waals surface area contributed by atoms with Crippen LogP contribution in [0.25, 0.3) is 0 Å². The van der Waals surface area contributed by atoms with Gasteiger partial charge in [0, 0.05) is 5.56 Å². The average Bonchev–Trinajstić information content (AvgIpc) is 2.17. The number of carbonyl (C=O) groups excluding carboxylic acids is 1. The highest BCUT2D eigenvalue weighted by molar-refractivity contribution is 6.11. The van der Waals surface area contributed by atoms with E-state index in [1.807, 2.05) is 0 Å². The molecule has 0 saturated heterocycles. The first-order chi connectivity index (χ1) is 6.46. The highest BCUT2D eigenvalue weighted by Crippen LogP contribution is 2.21. The molecule has 0 fully saturated rings. The standard InChI is InChI=1S/C11H12O3/c1-11(2,10(13)14)9(12)8-6-4-3-5-7-8/h3-7H,1-2H3,(H,13,14)/p+1. The summed E-state index contributed by atoms with van der Waals surface area (Å²) in [5.41, 5.74) is -0.929. The van der Waals surface area contributed by atoms with E-state index in [1.165, 1.54) is 13.8 Å². The van der Waals surface area contributed by atoms with Crippen molar-refractivity contribution >= 4 is 11.8 Å². The molecule has 0 saturated carbocycles. The number of carbonyl (C=O) groups is 2. The molecule has 1 aromatic carbocycles. The molecule has 0 aliphatic carbocycles. The van der Waals surface area contributed by atoms with Crippen molar-refractivity contribution in [3.05, 3.63) is 35.9 Å². The molecule has 0 amide bonds. The van der Waals surface area contributed by atoms with Gasteiger partial charge < -0.3 is 5.11 Å². The van der Waals surface area contributed by atoms with Crippen molar-refractivity contribution in [1.82, 2.24) is 0 Å². The Kier molecular flexibility index (Phi) is 2.70. The third-order valence-electron chi connectivity index (χ3n) is 2.14. The van der Waals surface area contributed by atoms with Crippen LogP contribution in [0.2, 0.25) is 0 Å². The lowest BCUT2D eigenvalue weighted by Crippen LogP contribution is -2.33. The Morgan fingerprint density at radius 2 is 1.71 bits per heavy atom. The number of hydrogen-bond acceptors (Lipinski definition) is 2. The van der Waals surface area contributed by atoms with Gasteiger partial charge in [-0.2, -0.15) is 0 Å². The molecule has 1 rings (SSSR count). The smallest absolute Gasteiger partial charge is 0.481 e. The summed E-state index contributed by atoms with van der Waals surface area (Å²) in [5.74, 6) is -1.48. The largest absolute Gasteiger partial charge is 1.00 e. The number of ketones is 1. The second-order valence-corrected chi connectivity index (χ2v) is 3.63. The molecule has 74 valence electrons. The van der Waals surface area contributed by atoms with Crippen molar-refractivity contribution in [3.8, 4) is 0 Å². The SMILES string of the molecule is CC(C)(C(=O)O)C(=O)c1ccccc1.[H+]. The maximum atomic E-state index is 11.7. The summed E-state index contributed by atoms with van der Waals surface area (Å²) in [6, 6.07) is 8.45. The third-order valence-corrected chi connectivity index (χ3v) is 2.14. The van der Waals surface area contributed by atoms with Gasteiger partial charge in [-0.15, -0.1) is 0 Å². The topological polar surface area (TPSA) is 54.4 Å². The Balaban J connectivity index is 0.00000196. The first-order valence-electron chi connectivity index (χ1n) is 4.29. The van der Waals surface area contributed by atoms with Crippen molar-refractivity contribution in [2.45, 2.75) is 13.8 Å². The first-order valence-corrected chi connectivity index (χ1v) is 4.29. The number of rotatable bonds is 3. The van der Waals surface area contributed by atoms with E-state index < -0.39 is 11.4 Å². The highest BCUT2D eigenvalue weighted by Gasteiger charge is 2.36. The summed E-state index contributed by atoms with van der Waals surface area (Å²) in [6.45, 7) is 2.81. The fourth-order valence-electron chi connectivity index (χ4n) is 1.05. The molecule has 0 spiro atoms. The lowest BCUT2D eigenvalue weighted by atomic mass is 9.84. The molecule has 0 aliphatic heterocycles. The van der Waals surface area contributed by atoms with Crippen LogP contribution in [0.4, 0.5) is 0 Å². The lowest BCUT2D eigenvalue weighted by Gasteiger charge is -2.17. The van der Waals surface area contributed by atoms with E-state index >= 15 is 0 Å². The monoisotopic (exact) mass is 193 g/mol. The number of aliphatic carboxylic acids is 1. The van der Waals surface area contributed by atoms with Crippen molar-refractivity contribution < 1.29 is 16.1 Å². The Labute approximate surface area is 83.9 Å². The molecule has 0 aliphatic rings. The molecule has 1 aromatic rings. The molecule has 3 nitrogen and oxygen atoms in total. The van der Waals surface area contributed by atoms with Gasteiger partial charge in [-0.05, 0) is 13.8 Å². The Bertz CT molecular complexity index is 357. The van der Waals surface area contributed by atoms with Gasteiger partial charge in [0.2, 0.25) is 0 Å². The highest BCUT2D eigenvalue weighted by atomic mass is 16.4. The summed E-state index contributed by atoms with van der Waals surface area (Å²) >= 11 is 0. The number of carboxylic acids is 1. The van der Waals surface area contributed by atoms with Crippen LogP contribution < -0.4 is 0 Å². The van der Waals surface area contributed by atoms with E-state index in [0.29, 0.717) is 5.56 Å². The molecule has 0 heterocycles. The van der Waals surface area contributed by atoms with E-state index in [-0.39, 0.29) is 7.21 Å². The zero-order chi connectivity index (χ0) is 10.8. The fourth-order valence-corrected chi connectivity index (χ4v) is 1.05. The van der Waals surface area contributed by atoms with Crippen LogP contribution in [-0.4, -0.2) is 16.9 Å². The minimum absolute atomic E-state index is 0. The van der Waals surface area contributed by atoms with Gasteiger partial charge >= 0.3 is 7.40 Å². The first kappa shape index (κ1) is 10.4. The Morgan fingerprint density at radius 3 is 2.14 bits per heavy atom. The summed E-state index contributed by atoms with van der Waals surface area (Å²) in [5, 5.41) is 8.85. The summed E-state index contributed by atoms with van der Waals surface area (Å²) in [6.07, 6.45) is 0. The van der Waals surface area contributed by atoms with Crippen LogP contribution in [0.15, 0.2) is 30.3 Å². The number of Topliss-reactive ketones (excluding diaryl/α,β-unsaturated/α-hetero) is 1. The summed E-state index contributed by atoms with van der Waals surface area (Å²) < 4.78 is 0. The van der Waals surface area contributed by atoms with Gasteiger partial charge in [0.1, 0.15) is 5.41 Å². The van der Waals surface area contributed by atoms with Crippen LogP contribution in [0.1, 0.15) is 25.6 Å². The van der Waals surface area contributed by atoms with Gasteiger partial charge in [0.05, 0.1) is 0 Å². The zero-order valence-electron chi connectivity index (χ0n) is 9.15. The number of hydrogen-bond donors (Lipinski definition) is 1. The summed E-state index contributed by atoms with van der Waals surface area (Å²) in [7, 11) is 0. The maximum absolute atomic E-state index is 11.7. The Hall–Kier alpha value is -1.64. The van der Waals surface area contributed by atoms with Crippen LogP contribution in [0.5, 0.6) is 0 Å². The van der Waals surface area contributed by atoms with Crippen molar-refractivity contribution in [2.24, 2.45) is 5.41 Å².